The third-order valence-corrected chi connectivity index (χ3v) is 4.93. The molecule has 3 aromatic rings. The van der Waals surface area contributed by atoms with Crippen molar-refractivity contribution in [3.63, 3.8) is 0 Å². The summed E-state index contributed by atoms with van der Waals surface area (Å²) in [6, 6.07) is 6.59. The number of thiophene rings is 1. The Hall–Kier alpha value is -2.05. The Labute approximate surface area is 151 Å². The van der Waals surface area contributed by atoms with Gasteiger partial charge in [-0.3, -0.25) is 0 Å². The highest BCUT2D eigenvalue weighted by Gasteiger charge is 2.17. The van der Waals surface area contributed by atoms with Crippen molar-refractivity contribution in [2.75, 3.05) is 25.1 Å². The summed E-state index contributed by atoms with van der Waals surface area (Å²) in [5.74, 6) is 1.34. The van der Waals surface area contributed by atoms with E-state index in [9.17, 15) is 4.39 Å². The van der Waals surface area contributed by atoms with Gasteiger partial charge >= 0.3 is 0 Å². The van der Waals surface area contributed by atoms with Crippen molar-refractivity contribution < 1.29 is 9.13 Å². The number of benzene rings is 1. The molecule has 0 saturated carbocycles. The number of rotatable bonds is 7. The summed E-state index contributed by atoms with van der Waals surface area (Å²) in [7, 11) is 0. The van der Waals surface area contributed by atoms with Gasteiger partial charge < -0.3 is 10.1 Å². The number of anilines is 1. The van der Waals surface area contributed by atoms with E-state index in [1.165, 1.54) is 12.1 Å². The van der Waals surface area contributed by atoms with E-state index in [4.69, 9.17) is 4.74 Å². The Bertz CT molecular complexity index is 861. The first-order chi connectivity index (χ1) is 12.1. The molecule has 0 saturated heterocycles. The molecule has 1 aromatic carbocycles. The molecule has 25 heavy (non-hydrogen) atoms. The third kappa shape index (κ3) is 3.96. The van der Waals surface area contributed by atoms with E-state index in [2.05, 4.69) is 22.2 Å². The quantitative estimate of drug-likeness (QED) is 0.606. The Morgan fingerprint density at radius 2 is 1.92 bits per heavy atom. The fourth-order valence-corrected chi connectivity index (χ4v) is 3.93. The SMILES string of the molecule is CCOCCCNc1nc(C)nc2sc(C)c(-c3ccc(F)cc3)c12. The topological polar surface area (TPSA) is 47.0 Å². The molecule has 0 aliphatic rings. The fourth-order valence-electron chi connectivity index (χ4n) is 2.84. The number of fused-ring (bicyclic) bond motifs is 1. The molecule has 0 amide bonds. The highest BCUT2D eigenvalue weighted by molar-refractivity contribution is 7.19. The predicted octanol–water partition coefficient (Wildman–Crippen LogP) is 4.95. The summed E-state index contributed by atoms with van der Waals surface area (Å²) in [5, 5.41) is 4.43. The number of ether oxygens (including phenoxy) is 1. The van der Waals surface area contributed by atoms with Crippen molar-refractivity contribution in [2.24, 2.45) is 0 Å². The first-order valence-electron chi connectivity index (χ1n) is 8.45. The van der Waals surface area contributed by atoms with Crippen LogP contribution in [0.4, 0.5) is 10.2 Å². The van der Waals surface area contributed by atoms with Crippen LogP contribution in [0.3, 0.4) is 0 Å². The van der Waals surface area contributed by atoms with E-state index in [0.29, 0.717) is 0 Å². The molecule has 4 nitrogen and oxygen atoms in total. The van der Waals surface area contributed by atoms with E-state index in [-0.39, 0.29) is 5.82 Å². The maximum Gasteiger partial charge on any atom is 0.139 e. The zero-order valence-corrected chi connectivity index (χ0v) is 15.5. The highest BCUT2D eigenvalue weighted by Crippen LogP contribution is 2.40. The highest BCUT2D eigenvalue weighted by atomic mass is 32.1. The van der Waals surface area contributed by atoms with Gasteiger partial charge in [-0.05, 0) is 44.9 Å². The van der Waals surface area contributed by atoms with Gasteiger partial charge in [-0.2, -0.15) is 0 Å². The van der Waals surface area contributed by atoms with Gasteiger partial charge in [0.05, 0.1) is 5.39 Å². The van der Waals surface area contributed by atoms with Crippen LogP contribution < -0.4 is 5.32 Å². The molecule has 132 valence electrons. The molecule has 1 N–H and O–H groups in total. The van der Waals surface area contributed by atoms with Crippen LogP contribution in [0.5, 0.6) is 0 Å². The summed E-state index contributed by atoms with van der Waals surface area (Å²) >= 11 is 1.64. The first kappa shape index (κ1) is 17.8. The lowest BCUT2D eigenvalue weighted by Crippen LogP contribution is -2.08. The van der Waals surface area contributed by atoms with Gasteiger partial charge in [0.15, 0.2) is 0 Å². The smallest absolute Gasteiger partial charge is 0.139 e. The average molecular weight is 359 g/mol. The minimum absolute atomic E-state index is 0.234. The van der Waals surface area contributed by atoms with Gasteiger partial charge in [0.2, 0.25) is 0 Å². The molecule has 0 aliphatic carbocycles. The number of nitrogens with zero attached hydrogens (tertiary/aromatic N) is 2. The zero-order valence-electron chi connectivity index (χ0n) is 14.7. The van der Waals surface area contributed by atoms with Gasteiger partial charge in [0.1, 0.15) is 22.3 Å². The van der Waals surface area contributed by atoms with Crippen molar-refractivity contribution in [2.45, 2.75) is 27.2 Å². The van der Waals surface area contributed by atoms with Crippen LogP contribution in [-0.2, 0) is 4.74 Å². The van der Waals surface area contributed by atoms with Gasteiger partial charge in [-0.1, -0.05) is 12.1 Å². The minimum Gasteiger partial charge on any atom is -0.382 e. The molecule has 2 heterocycles. The predicted molar refractivity (Wildman–Crippen MR) is 102 cm³/mol. The number of halogens is 1. The molecule has 0 unspecified atom stereocenters. The maximum absolute atomic E-state index is 13.3. The third-order valence-electron chi connectivity index (χ3n) is 3.93. The second-order valence-corrected chi connectivity index (χ2v) is 7.02. The summed E-state index contributed by atoms with van der Waals surface area (Å²) in [6.45, 7) is 8.20. The lowest BCUT2D eigenvalue weighted by atomic mass is 10.0. The van der Waals surface area contributed by atoms with Crippen LogP contribution in [0, 0.1) is 19.7 Å². The van der Waals surface area contributed by atoms with Gasteiger partial charge in [0, 0.05) is 30.2 Å². The van der Waals surface area contributed by atoms with Crippen molar-refractivity contribution in [1.29, 1.82) is 0 Å². The molecule has 0 atom stereocenters. The van der Waals surface area contributed by atoms with Crippen molar-refractivity contribution >= 4 is 27.4 Å². The monoisotopic (exact) mass is 359 g/mol. The second kappa shape index (κ2) is 7.89. The summed E-state index contributed by atoms with van der Waals surface area (Å²) in [4.78, 5) is 11.3. The summed E-state index contributed by atoms with van der Waals surface area (Å²) in [5.41, 5.74) is 2.06. The number of aromatic nitrogens is 2. The molecule has 3 rings (SSSR count). The Morgan fingerprint density at radius 3 is 2.64 bits per heavy atom. The number of nitrogens with one attached hydrogen (secondary N) is 1. The minimum atomic E-state index is -0.234. The van der Waals surface area contributed by atoms with E-state index >= 15 is 0 Å². The van der Waals surface area contributed by atoms with Crippen LogP contribution in [0.25, 0.3) is 21.3 Å². The van der Waals surface area contributed by atoms with E-state index in [0.717, 1.165) is 64.0 Å². The molecule has 6 heteroatoms. The Kier molecular flexibility index (Phi) is 5.60. The van der Waals surface area contributed by atoms with E-state index in [1.807, 2.05) is 26.0 Å². The zero-order chi connectivity index (χ0) is 17.8. The fraction of sp³-hybridized carbons (Fsp3) is 0.368. The van der Waals surface area contributed by atoms with Crippen LogP contribution in [0.2, 0.25) is 0 Å². The normalized spacial score (nSPS) is 11.2. The summed E-state index contributed by atoms with van der Waals surface area (Å²) in [6.07, 6.45) is 0.910. The average Bonchev–Trinajstić information content (AvgIpc) is 2.91. The molecule has 2 aromatic heterocycles. The van der Waals surface area contributed by atoms with Crippen LogP contribution in [-0.4, -0.2) is 29.7 Å². The van der Waals surface area contributed by atoms with Crippen LogP contribution >= 0.6 is 11.3 Å². The van der Waals surface area contributed by atoms with E-state index < -0.39 is 0 Å². The molecular formula is C19H22FN3OS. The number of hydrogen-bond acceptors (Lipinski definition) is 5. The van der Waals surface area contributed by atoms with Crippen molar-refractivity contribution in [3.8, 4) is 11.1 Å². The second-order valence-electron chi connectivity index (χ2n) is 5.82. The Morgan fingerprint density at radius 1 is 1.16 bits per heavy atom. The maximum atomic E-state index is 13.3. The number of aryl methyl sites for hydroxylation is 2. The van der Waals surface area contributed by atoms with Crippen LogP contribution in [0.15, 0.2) is 24.3 Å². The Balaban J connectivity index is 1.99. The largest absolute Gasteiger partial charge is 0.382 e. The molecule has 0 bridgehead atoms. The lowest BCUT2D eigenvalue weighted by Gasteiger charge is -2.10. The molecule has 0 spiro atoms. The standard InChI is InChI=1S/C19H22FN3OS/c1-4-24-11-5-10-21-18-17-16(14-6-8-15(20)9-7-14)12(2)25-19(17)23-13(3)22-18/h6-9H,4-5,10-11H2,1-3H3,(H,21,22,23). The first-order valence-corrected chi connectivity index (χ1v) is 9.27. The summed E-state index contributed by atoms with van der Waals surface area (Å²) < 4.78 is 18.7. The van der Waals surface area contributed by atoms with Crippen molar-refractivity contribution in [3.05, 3.63) is 40.8 Å². The van der Waals surface area contributed by atoms with Gasteiger partial charge in [-0.25, -0.2) is 14.4 Å². The lowest BCUT2D eigenvalue weighted by molar-refractivity contribution is 0.147. The molecule has 0 fully saturated rings. The van der Waals surface area contributed by atoms with Crippen LogP contribution in [0.1, 0.15) is 24.0 Å². The van der Waals surface area contributed by atoms with Crippen molar-refractivity contribution in [1.82, 2.24) is 9.97 Å². The number of hydrogen-bond donors (Lipinski definition) is 1. The molecule has 0 radical (unpaired) electrons. The molecule has 0 aliphatic heterocycles. The van der Waals surface area contributed by atoms with E-state index in [1.54, 1.807) is 11.3 Å². The molecular weight excluding hydrogens is 337 g/mol. The van der Waals surface area contributed by atoms with Gasteiger partial charge in [0.25, 0.3) is 0 Å². The van der Waals surface area contributed by atoms with Gasteiger partial charge in [-0.15, -0.1) is 11.3 Å².